The molecule has 1 aromatic rings. The van der Waals surface area contributed by atoms with Crippen LogP contribution in [0.1, 0.15) is 39.7 Å². The highest BCUT2D eigenvalue weighted by Gasteiger charge is 2.33. The molecule has 1 aliphatic heterocycles. The topological polar surface area (TPSA) is 64.2 Å². The largest absolute Gasteiger partial charge is 0.341 e. The van der Waals surface area contributed by atoms with Crippen molar-refractivity contribution in [2.45, 2.75) is 45.7 Å². The Morgan fingerprint density at radius 2 is 2.00 bits per heavy atom. The predicted octanol–water partition coefficient (Wildman–Crippen LogP) is 1.42. The van der Waals surface area contributed by atoms with Crippen LogP contribution in [0.2, 0.25) is 0 Å². The molecule has 0 radical (unpaired) electrons. The summed E-state index contributed by atoms with van der Waals surface area (Å²) in [4.78, 5) is 18.3. The lowest BCUT2D eigenvalue weighted by Crippen LogP contribution is -2.52. The van der Waals surface area contributed by atoms with E-state index in [0.717, 1.165) is 25.9 Å². The molecule has 106 valence electrons. The fourth-order valence-corrected chi connectivity index (χ4v) is 2.44. The molecular formula is C14H24N4O. The second kappa shape index (κ2) is 5.33. The molecule has 2 heterocycles. The van der Waals surface area contributed by atoms with Crippen molar-refractivity contribution in [3.05, 3.63) is 18.7 Å². The van der Waals surface area contributed by atoms with Gasteiger partial charge in [0.1, 0.15) is 0 Å². The average molecular weight is 264 g/mol. The smallest absolute Gasteiger partial charge is 0.240 e. The number of amides is 1. The molecule has 1 amide bonds. The predicted molar refractivity (Wildman–Crippen MR) is 74.5 cm³/mol. The average Bonchev–Trinajstić information content (AvgIpc) is 2.90. The van der Waals surface area contributed by atoms with Crippen molar-refractivity contribution in [1.29, 1.82) is 0 Å². The summed E-state index contributed by atoms with van der Waals surface area (Å²) in [5.41, 5.74) is 5.87. The van der Waals surface area contributed by atoms with Crippen molar-refractivity contribution in [3.8, 4) is 0 Å². The van der Waals surface area contributed by atoms with Crippen LogP contribution in [0.15, 0.2) is 18.7 Å². The fraction of sp³-hybridized carbons (Fsp3) is 0.714. The van der Waals surface area contributed by atoms with Gasteiger partial charge < -0.3 is 15.2 Å². The highest BCUT2D eigenvalue weighted by molar-refractivity contribution is 5.82. The second-order valence-electron chi connectivity index (χ2n) is 6.41. The Morgan fingerprint density at radius 1 is 1.37 bits per heavy atom. The van der Waals surface area contributed by atoms with Gasteiger partial charge in [0.05, 0.1) is 12.4 Å². The lowest BCUT2D eigenvalue weighted by Gasteiger charge is -2.36. The van der Waals surface area contributed by atoms with Crippen molar-refractivity contribution in [3.63, 3.8) is 0 Å². The number of piperidine rings is 1. The Hall–Kier alpha value is -1.36. The van der Waals surface area contributed by atoms with Crippen LogP contribution in [0.4, 0.5) is 0 Å². The molecular weight excluding hydrogens is 240 g/mol. The third kappa shape index (κ3) is 3.15. The van der Waals surface area contributed by atoms with Crippen molar-refractivity contribution in [2.75, 3.05) is 13.1 Å². The molecule has 1 fully saturated rings. The van der Waals surface area contributed by atoms with E-state index in [4.69, 9.17) is 5.73 Å². The number of rotatable bonds is 2. The Labute approximate surface area is 114 Å². The van der Waals surface area contributed by atoms with Gasteiger partial charge in [-0.05, 0) is 18.3 Å². The van der Waals surface area contributed by atoms with Gasteiger partial charge in [-0.3, -0.25) is 4.79 Å². The van der Waals surface area contributed by atoms with Crippen molar-refractivity contribution >= 4 is 5.91 Å². The van der Waals surface area contributed by atoms with E-state index in [2.05, 4.69) is 9.55 Å². The van der Waals surface area contributed by atoms with Gasteiger partial charge in [0.25, 0.3) is 0 Å². The first-order valence-electron chi connectivity index (χ1n) is 6.91. The number of likely N-dealkylation sites (tertiary alicyclic amines) is 1. The molecule has 1 atom stereocenters. The van der Waals surface area contributed by atoms with Gasteiger partial charge in [-0.1, -0.05) is 20.8 Å². The molecule has 2 rings (SSSR count). The maximum absolute atomic E-state index is 12.3. The molecule has 0 spiro atoms. The third-order valence-corrected chi connectivity index (χ3v) is 3.92. The minimum absolute atomic E-state index is 0.0802. The lowest BCUT2D eigenvalue weighted by atomic mass is 9.86. The highest BCUT2D eigenvalue weighted by Crippen LogP contribution is 2.25. The molecule has 2 N–H and O–H groups in total. The van der Waals surface area contributed by atoms with Gasteiger partial charge in [-0.15, -0.1) is 0 Å². The van der Waals surface area contributed by atoms with Crippen LogP contribution >= 0.6 is 0 Å². The van der Waals surface area contributed by atoms with E-state index in [1.807, 2.05) is 38.2 Å². The molecule has 5 heteroatoms. The third-order valence-electron chi connectivity index (χ3n) is 3.92. The minimum atomic E-state index is -0.419. The molecule has 0 unspecified atom stereocenters. The van der Waals surface area contributed by atoms with Crippen LogP contribution in [0.25, 0.3) is 0 Å². The number of carbonyl (C=O) groups excluding carboxylic acids is 1. The normalized spacial score (nSPS) is 19.5. The summed E-state index contributed by atoms with van der Waals surface area (Å²) < 4.78 is 2.13. The van der Waals surface area contributed by atoms with E-state index in [1.165, 1.54) is 0 Å². The molecule has 0 aliphatic carbocycles. The van der Waals surface area contributed by atoms with E-state index in [-0.39, 0.29) is 11.3 Å². The van der Waals surface area contributed by atoms with Crippen LogP contribution in [0.3, 0.4) is 0 Å². The van der Waals surface area contributed by atoms with Crippen molar-refractivity contribution in [1.82, 2.24) is 14.5 Å². The Bertz CT molecular complexity index is 413. The number of imidazole rings is 1. The fourth-order valence-electron chi connectivity index (χ4n) is 2.44. The molecule has 1 aliphatic rings. The lowest BCUT2D eigenvalue weighted by molar-refractivity contribution is -0.136. The standard InChI is InChI=1S/C14H24N4O/c1-14(2,3)12(15)13(19)17-7-4-11(5-8-17)18-9-6-16-10-18/h6,9-12H,4-5,7-8,15H2,1-3H3/t12-/m1/s1. The van der Waals surface area contributed by atoms with Gasteiger partial charge in [0.2, 0.25) is 5.91 Å². The van der Waals surface area contributed by atoms with E-state index in [1.54, 1.807) is 6.20 Å². The van der Waals surface area contributed by atoms with Gasteiger partial charge in [0.15, 0.2) is 0 Å². The molecule has 0 bridgehead atoms. The van der Waals surface area contributed by atoms with Crippen LogP contribution in [-0.4, -0.2) is 39.5 Å². The van der Waals surface area contributed by atoms with Crippen LogP contribution in [-0.2, 0) is 4.79 Å². The number of hydrogen-bond acceptors (Lipinski definition) is 3. The first-order valence-corrected chi connectivity index (χ1v) is 6.91. The first-order chi connectivity index (χ1) is 8.89. The summed E-state index contributed by atoms with van der Waals surface area (Å²) >= 11 is 0. The van der Waals surface area contributed by atoms with Gasteiger partial charge in [-0.2, -0.15) is 0 Å². The Kier molecular flexibility index (Phi) is 3.94. The SMILES string of the molecule is CC(C)(C)[C@H](N)C(=O)N1CCC(n2ccnc2)CC1. The van der Waals surface area contributed by atoms with E-state index >= 15 is 0 Å². The quantitative estimate of drug-likeness (QED) is 0.878. The summed E-state index contributed by atoms with van der Waals surface area (Å²) in [5, 5.41) is 0. The summed E-state index contributed by atoms with van der Waals surface area (Å²) in [7, 11) is 0. The molecule has 5 nitrogen and oxygen atoms in total. The van der Waals surface area contributed by atoms with Gasteiger partial charge in [-0.25, -0.2) is 4.98 Å². The summed E-state index contributed by atoms with van der Waals surface area (Å²) in [6, 6.07) is 0.0368. The molecule has 0 saturated carbocycles. The zero-order valence-corrected chi connectivity index (χ0v) is 12.0. The van der Waals surface area contributed by atoms with Crippen LogP contribution in [0.5, 0.6) is 0 Å². The second-order valence-corrected chi connectivity index (χ2v) is 6.41. The van der Waals surface area contributed by atoms with Crippen molar-refractivity contribution in [2.24, 2.45) is 11.1 Å². The number of nitrogens with two attached hydrogens (primary N) is 1. The zero-order valence-electron chi connectivity index (χ0n) is 12.0. The van der Waals surface area contributed by atoms with E-state index in [0.29, 0.717) is 6.04 Å². The van der Waals surface area contributed by atoms with Crippen LogP contribution in [0, 0.1) is 5.41 Å². The highest BCUT2D eigenvalue weighted by atomic mass is 16.2. The Balaban J connectivity index is 1.91. The van der Waals surface area contributed by atoms with Gasteiger partial charge in [0, 0.05) is 31.5 Å². The summed E-state index contributed by atoms with van der Waals surface area (Å²) in [6.45, 7) is 7.59. The summed E-state index contributed by atoms with van der Waals surface area (Å²) in [5.74, 6) is 0.0802. The van der Waals surface area contributed by atoms with Crippen LogP contribution < -0.4 is 5.73 Å². The Morgan fingerprint density at radius 3 is 2.47 bits per heavy atom. The molecule has 1 saturated heterocycles. The number of nitrogens with zero attached hydrogens (tertiary/aromatic N) is 3. The van der Waals surface area contributed by atoms with E-state index < -0.39 is 6.04 Å². The summed E-state index contributed by atoms with van der Waals surface area (Å²) in [6.07, 6.45) is 7.58. The maximum Gasteiger partial charge on any atom is 0.240 e. The molecule has 0 aromatic carbocycles. The zero-order chi connectivity index (χ0) is 14.0. The number of hydrogen-bond donors (Lipinski definition) is 1. The monoisotopic (exact) mass is 264 g/mol. The van der Waals surface area contributed by atoms with E-state index in [9.17, 15) is 4.79 Å². The molecule has 19 heavy (non-hydrogen) atoms. The number of aromatic nitrogens is 2. The first kappa shape index (κ1) is 14.1. The molecule has 1 aromatic heterocycles. The van der Waals surface area contributed by atoms with Gasteiger partial charge >= 0.3 is 0 Å². The van der Waals surface area contributed by atoms with Crippen molar-refractivity contribution < 1.29 is 4.79 Å². The number of carbonyl (C=O) groups is 1. The minimum Gasteiger partial charge on any atom is -0.341 e. The maximum atomic E-state index is 12.3.